The summed E-state index contributed by atoms with van der Waals surface area (Å²) in [5.41, 5.74) is 14.0. The molecule has 5 heterocycles. The molecule has 0 unspecified atom stereocenters. The lowest BCUT2D eigenvalue weighted by molar-refractivity contribution is 0.668. The van der Waals surface area contributed by atoms with Crippen LogP contribution in [0.1, 0.15) is 5.56 Å². The largest absolute Gasteiger partial charge is 0.456 e. The topological polar surface area (TPSA) is 98.6 Å². The first-order valence-electron chi connectivity index (χ1n) is 23.9. The van der Waals surface area contributed by atoms with E-state index >= 15 is 0 Å². The molecule has 0 amide bonds. The fourth-order valence-corrected chi connectivity index (χ4v) is 11.0. The van der Waals surface area contributed by atoms with E-state index in [1.165, 1.54) is 0 Å². The van der Waals surface area contributed by atoms with E-state index in [1.807, 2.05) is 91.0 Å². The summed E-state index contributed by atoms with van der Waals surface area (Å²) < 4.78 is 17.4. The zero-order chi connectivity index (χ0) is 47.4. The van der Waals surface area contributed by atoms with Gasteiger partial charge >= 0.3 is 0 Å². The normalized spacial score (nSPS) is 11.9. The van der Waals surface area contributed by atoms with Crippen molar-refractivity contribution >= 4 is 87.5 Å². The van der Waals surface area contributed by atoms with Crippen LogP contribution in [-0.2, 0) is 0 Å². The highest BCUT2D eigenvalue weighted by molar-refractivity contribution is 6.26. The smallest absolute Gasteiger partial charge is 0.167 e. The predicted molar refractivity (Wildman–Crippen MR) is 290 cm³/mol. The molecule has 0 radical (unpaired) electrons. The van der Waals surface area contributed by atoms with Crippen molar-refractivity contribution in [2.45, 2.75) is 0 Å². The van der Waals surface area contributed by atoms with Crippen LogP contribution in [0, 0.1) is 11.3 Å². The Hall–Kier alpha value is -10.1. The number of benzene rings is 10. The van der Waals surface area contributed by atoms with E-state index in [9.17, 15) is 5.26 Å². The van der Waals surface area contributed by atoms with Crippen LogP contribution in [0.15, 0.2) is 227 Å². The summed E-state index contributed by atoms with van der Waals surface area (Å²) >= 11 is 0. The molecule has 0 aliphatic heterocycles. The molecule has 0 saturated carbocycles. The Bertz CT molecular complexity index is 4780. The summed E-state index contributed by atoms with van der Waals surface area (Å²) in [5, 5.41) is 19.8. The van der Waals surface area contributed by atoms with Crippen molar-refractivity contribution in [2.24, 2.45) is 0 Å². The SMILES string of the molecule is N#Cc1cc(-c2nc(-c3cccc(-c4ccccc4)c3)nc(-c3cccc4c3oc3ccccc34)n2)ccc1-n1c2ccccc2c2ccc3c(c4ccccc4n3-c3ccc4oc5ccccc5c4c3)c21. The lowest BCUT2D eigenvalue weighted by Crippen LogP contribution is -2.02. The van der Waals surface area contributed by atoms with E-state index in [4.69, 9.17) is 23.8 Å². The summed E-state index contributed by atoms with van der Waals surface area (Å²) in [6.07, 6.45) is 0. The quantitative estimate of drug-likeness (QED) is 0.165. The van der Waals surface area contributed by atoms with Crippen LogP contribution in [0.25, 0.3) is 144 Å². The highest BCUT2D eigenvalue weighted by Crippen LogP contribution is 2.44. The van der Waals surface area contributed by atoms with Gasteiger partial charge in [-0.3, -0.25) is 0 Å². The fourth-order valence-electron chi connectivity index (χ4n) is 11.0. The molecule has 0 bridgehead atoms. The van der Waals surface area contributed by atoms with Gasteiger partial charge in [0, 0.05) is 59.9 Å². The molecule has 5 aromatic heterocycles. The predicted octanol–water partition coefficient (Wildman–Crippen LogP) is 16.4. The minimum Gasteiger partial charge on any atom is -0.456 e. The van der Waals surface area contributed by atoms with Gasteiger partial charge in [-0.25, -0.2) is 15.0 Å². The average Bonchev–Trinajstić information content (AvgIpc) is 4.20. The van der Waals surface area contributed by atoms with Crippen molar-refractivity contribution < 1.29 is 8.83 Å². The summed E-state index contributed by atoms with van der Waals surface area (Å²) in [6.45, 7) is 0. The molecule has 10 aromatic carbocycles. The van der Waals surface area contributed by atoms with Gasteiger partial charge in [0.1, 0.15) is 28.4 Å². The zero-order valence-corrected chi connectivity index (χ0v) is 38.3. The highest BCUT2D eigenvalue weighted by Gasteiger charge is 2.24. The summed E-state index contributed by atoms with van der Waals surface area (Å²) in [4.78, 5) is 15.6. The maximum absolute atomic E-state index is 11.3. The lowest BCUT2D eigenvalue weighted by atomic mass is 10.0. The molecule has 0 spiro atoms. The Balaban J connectivity index is 0.946. The average molecular weight is 921 g/mol. The number of nitriles is 1. The molecule has 0 N–H and O–H groups in total. The Kier molecular flexibility index (Phi) is 8.55. The molecule has 15 aromatic rings. The summed E-state index contributed by atoms with van der Waals surface area (Å²) in [7, 11) is 0. The number of furan rings is 2. The second-order valence-electron chi connectivity index (χ2n) is 18.2. The second-order valence-corrected chi connectivity index (χ2v) is 18.2. The van der Waals surface area contributed by atoms with E-state index < -0.39 is 0 Å². The third-order valence-corrected chi connectivity index (χ3v) is 14.2. The minimum absolute atomic E-state index is 0.436. The molecule has 72 heavy (non-hydrogen) atoms. The molecule has 8 nitrogen and oxygen atoms in total. The first-order chi connectivity index (χ1) is 35.6. The Morgan fingerprint density at radius 1 is 0.375 bits per heavy atom. The van der Waals surface area contributed by atoms with E-state index in [0.29, 0.717) is 34.2 Å². The number of nitrogens with zero attached hydrogens (tertiary/aromatic N) is 6. The van der Waals surface area contributed by atoms with Crippen molar-refractivity contribution in [3.63, 3.8) is 0 Å². The van der Waals surface area contributed by atoms with E-state index in [1.54, 1.807) is 0 Å². The standard InChI is InChI=1S/C64H36N6O2/c65-37-42-35-41(63-66-62(40-17-12-16-39(34-40)38-14-2-1-3-15-38)67-64(68-63)50-23-13-22-48-45-19-6-11-27-57(45)72-61(48)50)28-31-52(42)70-53-24-8-4-18-44(53)47-30-32-55-59(60(47)70)49-21-5-9-25-54(49)69(55)43-29-33-58-51(36-43)46-20-7-10-26-56(46)71-58/h1-36H. The molecular formula is C64H36N6O2. The number of fused-ring (bicyclic) bond motifs is 13. The zero-order valence-electron chi connectivity index (χ0n) is 38.3. The van der Waals surface area contributed by atoms with E-state index in [-0.39, 0.29) is 0 Å². The lowest BCUT2D eigenvalue weighted by Gasteiger charge is -2.13. The number of hydrogen-bond donors (Lipinski definition) is 0. The molecule has 8 heteroatoms. The number of para-hydroxylation sites is 5. The van der Waals surface area contributed by atoms with Crippen LogP contribution >= 0.6 is 0 Å². The molecule has 15 rings (SSSR count). The van der Waals surface area contributed by atoms with Crippen LogP contribution in [0.3, 0.4) is 0 Å². The van der Waals surface area contributed by atoms with Crippen molar-refractivity contribution in [3.8, 4) is 62.7 Å². The number of hydrogen-bond acceptors (Lipinski definition) is 6. The van der Waals surface area contributed by atoms with Gasteiger partial charge in [0.15, 0.2) is 17.5 Å². The minimum atomic E-state index is 0.436. The third-order valence-electron chi connectivity index (χ3n) is 14.2. The van der Waals surface area contributed by atoms with Gasteiger partial charge in [-0.15, -0.1) is 0 Å². The summed E-state index contributed by atoms with van der Waals surface area (Å²) in [5.74, 6) is 1.41. The van der Waals surface area contributed by atoms with Gasteiger partial charge in [0.05, 0.1) is 38.9 Å². The third kappa shape index (κ3) is 5.95. The van der Waals surface area contributed by atoms with Crippen molar-refractivity contribution in [3.05, 3.63) is 224 Å². The highest BCUT2D eigenvalue weighted by atomic mass is 16.3. The van der Waals surface area contributed by atoms with Gasteiger partial charge in [-0.05, 0) is 90.0 Å². The first kappa shape index (κ1) is 39.9. The van der Waals surface area contributed by atoms with E-state index in [2.05, 4.69) is 143 Å². The Morgan fingerprint density at radius 3 is 1.79 bits per heavy atom. The van der Waals surface area contributed by atoms with Crippen LogP contribution in [0.2, 0.25) is 0 Å². The maximum atomic E-state index is 11.3. The van der Waals surface area contributed by atoms with Crippen LogP contribution < -0.4 is 0 Å². The fraction of sp³-hybridized carbons (Fsp3) is 0. The maximum Gasteiger partial charge on any atom is 0.167 e. The van der Waals surface area contributed by atoms with Crippen molar-refractivity contribution in [1.82, 2.24) is 24.1 Å². The summed E-state index contributed by atoms with van der Waals surface area (Å²) in [6, 6.07) is 77.4. The van der Waals surface area contributed by atoms with Crippen molar-refractivity contribution in [1.29, 1.82) is 5.26 Å². The monoisotopic (exact) mass is 920 g/mol. The second kappa shape index (κ2) is 15.5. The first-order valence-corrected chi connectivity index (χ1v) is 23.9. The molecular weight excluding hydrogens is 885 g/mol. The number of aromatic nitrogens is 5. The van der Waals surface area contributed by atoms with Crippen LogP contribution in [-0.4, -0.2) is 24.1 Å². The molecule has 0 aliphatic rings. The van der Waals surface area contributed by atoms with E-state index in [0.717, 1.165) is 116 Å². The molecule has 334 valence electrons. The number of rotatable bonds is 6. The van der Waals surface area contributed by atoms with Gasteiger partial charge in [0.2, 0.25) is 0 Å². The Labute approximate surface area is 410 Å². The van der Waals surface area contributed by atoms with Crippen LogP contribution in [0.4, 0.5) is 0 Å². The molecule has 0 atom stereocenters. The molecule has 0 fully saturated rings. The molecule has 0 saturated heterocycles. The Morgan fingerprint density at radius 2 is 0.986 bits per heavy atom. The molecule has 0 aliphatic carbocycles. The van der Waals surface area contributed by atoms with Crippen molar-refractivity contribution in [2.75, 3.05) is 0 Å². The van der Waals surface area contributed by atoms with Gasteiger partial charge in [-0.2, -0.15) is 5.26 Å². The van der Waals surface area contributed by atoms with Gasteiger partial charge in [0.25, 0.3) is 0 Å². The van der Waals surface area contributed by atoms with Gasteiger partial charge in [-0.1, -0.05) is 140 Å². The van der Waals surface area contributed by atoms with Crippen LogP contribution in [0.5, 0.6) is 0 Å². The van der Waals surface area contributed by atoms with Gasteiger partial charge < -0.3 is 18.0 Å².